The van der Waals surface area contributed by atoms with Gasteiger partial charge in [-0.3, -0.25) is 14.6 Å². The molecule has 0 spiro atoms. The summed E-state index contributed by atoms with van der Waals surface area (Å²) < 4.78 is 13.1. The minimum atomic E-state index is -0.243. The van der Waals surface area contributed by atoms with Gasteiger partial charge in [-0.2, -0.15) is 0 Å². The van der Waals surface area contributed by atoms with Gasteiger partial charge in [0, 0.05) is 63.8 Å². The summed E-state index contributed by atoms with van der Waals surface area (Å²) in [6, 6.07) is 6.46. The van der Waals surface area contributed by atoms with Gasteiger partial charge in [-0.15, -0.1) is 24.0 Å². The first kappa shape index (κ1) is 26.1. The van der Waals surface area contributed by atoms with Crippen molar-refractivity contribution < 1.29 is 14.0 Å². The molecule has 10 heteroatoms. The molecule has 2 amide bonds. The number of hydrogen-bond acceptors (Lipinski definition) is 4. The van der Waals surface area contributed by atoms with Crippen LogP contribution < -0.4 is 20.9 Å². The number of piperazine rings is 1. The fourth-order valence-corrected chi connectivity index (χ4v) is 3.49. The predicted molar refractivity (Wildman–Crippen MR) is 135 cm³/mol. The molecule has 0 bridgehead atoms. The Kier molecular flexibility index (Phi) is 11.0. The van der Waals surface area contributed by atoms with Crippen LogP contribution in [-0.2, 0) is 9.59 Å². The van der Waals surface area contributed by atoms with Gasteiger partial charge in [0.1, 0.15) is 5.82 Å². The smallest absolute Gasteiger partial charge is 0.224 e. The van der Waals surface area contributed by atoms with Gasteiger partial charge in [0.05, 0.1) is 6.54 Å². The number of carbonyl (C=O) groups is 2. The van der Waals surface area contributed by atoms with E-state index in [-0.39, 0.29) is 47.5 Å². The summed E-state index contributed by atoms with van der Waals surface area (Å²) in [6.07, 6.45) is 2.35. The first-order valence-corrected chi connectivity index (χ1v) is 11.1. The molecule has 0 unspecified atom stereocenters. The first-order valence-electron chi connectivity index (χ1n) is 11.1. The monoisotopic (exact) mass is 560 g/mol. The Labute approximate surface area is 206 Å². The average Bonchev–Trinajstić information content (AvgIpc) is 3.63. The molecule has 1 aromatic rings. The predicted octanol–water partition coefficient (Wildman–Crippen LogP) is 1.56. The SMILES string of the molecule is CCNC(=NCCC(=O)N1CCN(c2ccc(F)cc2)CC1)NCCNC(=O)C1CC1.I. The number of guanidine groups is 1. The lowest BCUT2D eigenvalue weighted by atomic mass is 10.2. The minimum Gasteiger partial charge on any atom is -0.368 e. The van der Waals surface area contributed by atoms with Gasteiger partial charge in [-0.05, 0) is 44.0 Å². The van der Waals surface area contributed by atoms with E-state index in [1.165, 1.54) is 12.1 Å². The number of anilines is 1. The Morgan fingerprint density at radius 3 is 2.31 bits per heavy atom. The molecule has 1 aliphatic heterocycles. The third-order valence-corrected chi connectivity index (χ3v) is 5.43. The lowest BCUT2D eigenvalue weighted by Crippen LogP contribution is -2.49. The molecular weight excluding hydrogens is 526 g/mol. The van der Waals surface area contributed by atoms with Gasteiger partial charge in [0.25, 0.3) is 0 Å². The molecule has 1 saturated carbocycles. The fourth-order valence-electron chi connectivity index (χ4n) is 3.49. The van der Waals surface area contributed by atoms with Crippen molar-refractivity contribution in [1.29, 1.82) is 0 Å². The summed E-state index contributed by atoms with van der Waals surface area (Å²) in [7, 11) is 0. The summed E-state index contributed by atoms with van der Waals surface area (Å²) in [5.41, 5.74) is 0.979. The fraction of sp³-hybridized carbons (Fsp3) is 0.591. The van der Waals surface area contributed by atoms with Gasteiger partial charge in [-0.25, -0.2) is 4.39 Å². The number of nitrogens with one attached hydrogen (secondary N) is 3. The molecule has 2 fully saturated rings. The second-order valence-electron chi connectivity index (χ2n) is 7.85. The van der Waals surface area contributed by atoms with E-state index >= 15 is 0 Å². The quantitative estimate of drug-likeness (QED) is 0.185. The van der Waals surface area contributed by atoms with Gasteiger partial charge in [-0.1, -0.05) is 0 Å². The maximum atomic E-state index is 13.1. The second kappa shape index (κ2) is 13.4. The highest BCUT2D eigenvalue weighted by Crippen LogP contribution is 2.28. The Bertz CT molecular complexity index is 764. The lowest BCUT2D eigenvalue weighted by Gasteiger charge is -2.36. The van der Waals surface area contributed by atoms with Crippen molar-refractivity contribution in [2.24, 2.45) is 10.9 Å². The van der Waals surface area contributed by atoms with Gasteiger partial charge in [0.15, 0.2) is 5.96 Å². The maximum Gasteiger partial charge on any atom is 0.224 e. The molecule has 8 nitrogen and oxygen atoms in total. The van der Waals surface area contributed by atoms with Crippen molar-refractivity contribution in [3.8, 4) is 0 Å². The molecule has 178 valence electrons. The van der Waals surface area contributed by atoms with Crippen molar-refractivity contribution in [2.75, 3.05) is 57.3 Å². The number of rotatable bonds is 9. The third-order valence-electron chi connectivity index (χ3n) is 5.43. The number of amides is 2. The summed E-state index contributed by atoms with van der Waals surface area (Å²) >= 11 is 0. The standard InChI is InChI=1S/C22H33FN6O2.HI/c1-2-24-22(27-12-11-25-21(31)17-3-4-17)26-10-9-20(30)29-15-13-28(14-16-29)19-7-5-18(23)6-8-19;/h5-8,17H,2-4,9-16H2,1H3,(H,25,31)(H2,24,26,27);1H. The van der Waals surface area contributed by atoms with E-state index < -0.39 is 0 Å². The molecule has 1 aliphatic carbocycles. The highest BCUT2D eigenvalue weighted by molar-refractivity contribution is 14.0. The molecule has 0 radical (unpaired) electrons. The molecule has 32 heavy (non-hydrogen) atoms. The van der Waals surface area contributed by atoms with E-state index in [9.17, 15) is 14.0 Å². The number of hydrogen-bond donors (Lipinski definition) is 3. The summed E-state index contributed by atoms with van der Waals surface area (Å²) in [4.78, 5) is 32.7. The number of nitrogens with zero attached hydrogens (tertiary/aromatic N) is 3. The van der Waals surface area contributed by atoms with E-state index in [4.69, 9.17) is 0 Å². The molecule has 1 saturated heterocycles. The molecular formula is C22H34FIN6O2. The minimum absolute atomic E-state index is 0. The molecule has 3 N–H and O–H groups in total. The summed E-state index contributed by atoms with van der Waals surface area (Å²) in [5.74, 6) is 0.846. The van der Waals surface area contributed by atoms with Crippen molar-refractivity contribution in [1.82, 2.24) is 20.9 Å². The summed E-state index contributed by atoms with van der Waals surface area (Å²) in [6.45, 7) is 7.02. The summed E-state index contributed by atoms with van der Waals surface area (Å²) in [5, 5.41) is 9.25. The van der Waals surface area contributed by atoms with E-state index in [1.54, 1.807) is 12.1 Å². The van der Waals surface area contributed by atoms with Crippen molar-refractivity contribution >= 4 is 47.4 Å². The number of aliphatic imine (C=N–C) groups is 1. The van der Waals surface area contributed by atoms with Crippen LogP contribution >= 0.6 is 24.0 Å². The lowest BCUT2D eigenvalue weighted by molar-refractivity contribution is -0.131. The van der Waals surface area contributed by atoms with Crippen LogP contribution in [0.3, 0.4) is 0 Å². The van der Waals surface area contributed by atoms with E-state index in [0.29, 0.717) is 45.1 Å². The van der Waals surface area contributed by atoms with Crippen LogP contribution in [-0.4, -0.2) is 75.0 Å². The number of carbonyl (C=O) groups excluding carboxylic acids is 2. The zero-order valence-electron chi connectivity index (χ0n) is 18.6. The molecule has 0 aromatic heterocycles. The van der Waals surface area contributed by atoms with Crippen molar-refractivity contribution in [2.45, 2.75) is 26.2 Å². The van der Waals surface area contributed by atoms with Crippen LogP contribution in [0.2, 0.25) is 0 Å². The van der Waals surface area contributed by atoms with Gasteiger partial charge < -0.3 is 25.8 Å². The van der Waals surface area contributed by atoms with Crippen LogP contribution in [0.1, 0.15) is 26.2 Å². The first-order chi connectivity index (χ1) is 15.1. The van der Waals surface area contributed by atoms with E-state index in [2.05, 4.69) is 25.8 Å². The van der Waals surface area contributed by atoms with E-state index in [0.717, 1.165) is 38.2 Å². The maximum absolute atomic E-state index is 13.1. The molecule has 0 atom stereocenters. The van der Waals surface area contributed by atoms with Crippen LogP contribution in [0.4, 0.5) is 10.1 Å². The largest absolute Gasteiger partial charge is 0.368 e. The normalized spacial score (nSPS) is 16.2. The highest BCUT2D eigenvalue weighted by atomic mass is 127. The van der Waals surface area contributed by atoms with Crippen LogP contribution in [0.5, 0.6) is 0 Å². The van der Waals surface area contributed by atoms with Crippen LogP contribution in [0.25, 0.3) is 0 Å². The molecule has 1 heterocycles. The molecule has 2 aliphatic rings. The van der Waals surface area contributed by atoms with E-state index in [1.807, 2.05) is 11.8 Å². The second-order valence-corrected chi connectivity index (χ2v) is 7.85. The molecule has 3 rings (SSSR count). The van der Waals surface area contributed by atoms with Gasteiger partial charge >= 0.3 is 0 Å². The Balaban J connectivity index is 0.00000363. The molecule has 1 aromatic carbocycles. The van der Waals surface area contributed by atoms with Crippen LogP contribution in [0.15, 0.2) is 29.3 Å². The zero-order valence-corrected chi connectivity index (χ0v) is 20.9. The average molecular weight is 560 g/mol. The Hall–Kier alpha value is -2.11. The highest BCUT2D eigenvalue weighted by Gasteiger charge is 2.29. The third kappa shape index (κ3) is 8.44. The number of benzene rings is 1. The van der Waals surface area contributed by atoms with Crippen molar-refractivity contribution in [3.05, 3.63) is 30.1 Å². The van der Waals surface area contributed by atoms with Gasteiger partial charge in [0.2, 0.25) is 11.8 Å². The topological polar surface area (TPSA) is 89.1 Å². The zero-order chi connectivity index (χ0) is 22.1. The Morgan fingerprint density at radius 1 is 1.03 bits per heavy atom. The Morgan fingerprint density at radius 2 is 1.69 bits per heavy atom. The van der Waals surface area contributed by atoms with Crippen molar-refractivity contribution in [3.63, 3.8) is 0 Å². The van der Waals surface area contributed by atoms with Crippen LogP contribution in [0, 0.1) is 11.7 Å². The number of halogens is 2.